The monoisotopic (exact) mass is 849 g/mol. The first-order chi connectivity index (χ1) is 27.2. The van der Waals surface area contributed by atoms with Gasteiger partial charge in [0, 0.05) is 73.3 Å². The lowest BCUT2D eigenvalue weighted by Crippen LogP contribution is -2.38. The molecule has 16 N–H and O–H groups in total. The molecule has 16 heteroatoms. The molecule has 0 aromatic carbocycles. The van der Waals surface area contributed by atoms with Crippen LogP contribution in [0.25, 0.3) is 0 Å². The number of rotatable bonds is 22. The van der Waals surface area contributed by atoms with Crippen molar-refractivity contribution in [2.24, 2.45) is 68.4 Å². The van der Waals surface area contributed by atoms with Crippen LogP contribution in [-0.4, -0.2) is 87.8 Å². The smallest absolute Gasteiger partial charge is 0.225 e. The second-order valence-corrected chi connectivity index (χ2v) is 16.4. The van der Waals surface area contributed by atoms with Crippen LogP contribution in [-0.2, 0) is 28.8 Å². The second kappa shape index (κ2) is 41.4. The first-order valence-corrected chi connectivity index (χ1v) is 21.7. The lowest BCUT2D eigenvalue weighted by molar-refractivity contribution is -0.130. The van der Waals surface area contributed by atoms with Gasteiger partial charge in [-0.05, 0) is 64.5 Å². The molecule has 3 unspecified atom stereocenters. The highest BCUT2D eigenvalue weighted by atomic mass is 16.2. The van der Waals surface area contributed by atoms with Crippen molar-refractivity contribution < 1.29 is 28.8 Å². The van der Waals surface area contributed by atoms with Crippen molar-refractivity contribution in [2.45, 2.75) is 155 Å². The third-order valence-electron chi connectivity index (χ3n) is 9.99. The van der Waals surface area contributed by atoms with Crippen molar-refractivity contribution >= 4 is 35.4 Å². The Morgan fingerprint density at radius 1 is 0.441 bits per heavy atom. The minimum absolute atomic E-state index is 0.0417. The van der Waals surface area contributed by atoms with Gasteiger partial charge in [-0.1, -0.05) is 104 Å². The summed E-state index contributed by atoms with van der Waals surface area (Å²) in [5.74, 6) is 0.319. The molecule has 0 saturated heterocycles. The van der Waals surface area contributed by atoms with E-state index >= 15 is 0 Å². The number of primary amides is 2. The molecule has 0 aliphatic rings. The summed E-state index contributed by atoms with van der Waals surface area (Å²) in [5, 5.41) is 11.1. The van der Waals surface area contributed by atoms with E-state index in [9.17, 15) is 28.8 Å². The van der Waals surface area contributed by atoms with Gasteiger partial charge < -0.3 is 55.7 Å². The number of carbonyl (C=O) groups excluding carboxylic acids is 6. The highest BCUT2D eigenvalue weighted by Gasteiger charge is 2.25. The van der Waals surface area contributed by atoms with Crippen LogP contribution in [0.1, 0.15) is 155 Å². The molecule has 0 heterocycles. The third kappa shape index (κ3) is 42.6. The molecule has 0 aliphatic carbocycles. The first kappa shape index (κ1) is 67.4. The Labute approximate surface area is 360 Å². The molecule has 0 aliphatic heterocycles. The van der Waals surface area contributed by atoms with Crippen LogP contribution in [0.2, 0.25) is 0 Å². The van der Waals surface area contributed by atoms with Crippen molar-refractivity contribution in [2.75, 3.05) is 52.4 Å². The van der Waals surface area contributed by atoms with E-state index in [0.29, 0.717) is 52.4 Å². The maximum atomic E-state index is 11.4. The van der Waals surface area contributed by atoms with Crippen molar-refractivity contribution in [1.29, 1.82) is 0 Å². The summed E-state index contributed by atoms with van der Waals surface area (Å²) in [6.07, 6.45) is 6.86. The Bertz CT molecular complexity index is 1090. The minimum Gasteiger partial charge on any atom is -0.369 e. The lowest BCUT2D eigenvalue weighted by Gasteiger charge is -2.21. The average Bonchev–Trinajstić information content (AvgIpc) is 3.21. The number of nitrogens with one attached hydrogen (secondary N) is 4. The Morgan fingerprint density at radius 2 is 0.729 bits per heavy atom. The molecule has 0 rings (SSSR count). The van der Waals surface area contributed by atoms with Gasteiger partial charge in [0.15, 0.2) is 0 Å². The van der Waals surface area contributed by atoms with Crippen LogP contribution in [0.4, 0.5) is 0 Å². The summed E-state index contributed by atoms with van der Waals surface area (Å²) in [7, 11) is 0. The number of hydrogen-bond donors (Lipinski definition) is 10. The van der Waals surface area contributed by atoms with Crippen molar-refractivity contribution in [3.8, 4) is 0 Å². The van der Waals surface area contributed by atoms with Crippen molar-refractivity contribution in [1.82, 2.24) is 21.3 Å². The topological polar surface area (TPSA) is 307 Å². The van der Waals surface area contributed by atoms with E-state index < -0.39 is 0 Å². The van der Waals surface area contributed by atoms with Gasteiger partial charge in [0.05, 0.1) is 0 Å². The van der Waals surface area contributed by atoms with E-state index in [1.807, 2.05) is 104 Å². The van der Waals surface area contributed by atoms with Crippen LogP contribution >= 0.6 is 0 Å². The fourth-order valence-corrected chi connectivity index (χ4v) is 2.89. The molecule has 16 nitrogen and oxygen atoms in total. The van der Waals surface area contributed by atoms with Crippen molar-refractivity contribution in [3.63, 3.8) is 0 Å². The number of carbonyl (C=O) groups is 6. The maximum Gasteiger partial charge on any atom is 0.225 e. The molecule has 0 fully saturated rings. The third-order valence-corrected chi connectivity index (χ3v) is 9.99. The molecule has 6 amide bonds. The standard InChI is InChI=1S/C9H20N2O.2C8H18N2O.C7H16N2O.C6H13NO.C5H11NO/c1-4-9(2,3)8(12)11-7-5-6-10;1-4-8(2,3)7(11)10-6-5-9;1-3-7(2)8(11)10-6-4-5-9;1-3-6(2)7(10)9-5-4-8;1-4-6(2,3)5(7)8;1-3-4(2)5(6)7/h4-7,10H2,1-3H3,(H,11,12);4-6,9H2,1-3H3,(H,10,11);7H,3-6,9H2,1-2H3,(H,10,11);6H,3-5,8H2,1-2H3,(H,9,10);4H2,1-3H3,(H2,7,8);4H,3H2,1-2H3,(H2,6,7). The molecule has 0 bridgehead atoms. The molecule has 3 atom stereocenters. The molecule has 0 radical (unpaired) electrons. The lowest BCUT2D eigenvalue weighted by atomic mass is 9.89. The van der Waals surface area contributed by atoms with E-state index in [-0.39, 0.29) is 69.4 Å². The predicted octanol–water partition coefficient (Wildman–Crippen LogP) is 3.42. The number of nitrogens with two attached hydrogens (primary N) is 6. The van der Waals surface area contributed by atoms with Gasteiger partial charge in [-0.2, -0.15) is 0 Å². The first-order valence-electron chi connectivity index (χ1n) is 21.7. The molecule has 354 valence electrons. The molecule has 0 spiro atoms. The van der Waals surface area contributed by atoms with Crippen LogP contribution in [0.5, 0.6) is 0 Å². The van der Waals surface area contributed by atoms with Gasteiger partial charge in [-0.25, -0.2) is 0 Å². The SMILES string of the molecule is CCC(C)(C)C(=O)NCCCN.CCC(C)(C)C(=O)NCCN.CCC(C)(C)C(N)=O.CCC(C)C(=O)NCCCN.CCC(C)C(=O)NCCN.CCC(C)C(N)=O. The summed E-state index contributed by atoms with van der Waals surface area (Å²) < 4.78 is 0. The van der Waals surface area contributed by atoms with Gasteiger partial charge in [0.2, 0.25) is 35.4 Å². The zero-order chi connectivity index (χ0) is 47.8. The van der Waals surface area contributed by atoms with Crippen LogP contribution in [0.15, 0.2) is 0 Å². The van der Waals surface area contributed by atoms with Gasteiger partial charge >= 0.3 is 0 Å². The summed E-state index contributed by atoms with van der Waals surface area (Å²) >= 11 is 0. The highest BCUT2D eigenvalue weighted by molar-refractivity contribution is 5.82. The molecule has 0 aromatic rings. The Morgan fingerprint density at radius 3 is 0.949 bits per heavy atom. The summed E-state index contributed by atoms with van der Waals surface area (Å²) in [6, 6.07) is 0. The molecular formula is C43H96N10O6. The summed E-state index contributed by atoms with van der Waals surface area (Å²) in [5.41, 5.74) is 30.2. The van der Waals surface area contributed by atoms with E-state index in [1.165, 1.54) is 0 Å². The van der Waals surface area contributed by atoms with Crippen LogP contribution in [0, 0.1) is 34.0 Å². The fraction of sp³-hybridized carbons (Fsp3) is 0.860. The predicted molar refractivity (Wildman–Crippen MR) is 246 cm³/mol. The number of hydrogen-bond acceptors (Lipinski definition) is 10. The summed E-state index contributed by atoms with van der Waals surface area (Å²) in [4.78, 5) is 65.4. The zero-order valence-corrected chi connectivity index (χ0v) is 40.5. The summed E-state index contributed by atoms with van der Waals surface area (Å²) in [6.45, 7) is 33.9. The van der Waals surface area contributed by atoms with E-state index in [2.05, 4.69) is 21.3 Å². The van der Waals surface area contributed by atoms with E-state index in [4.69, 9.17) is 34.4 Å². The van der Waals surface area contributed by atoms with Gasteiger partial charge in [-0.3, -0.25) is 28.8 Å². The molecule has 0 saturated carbocycles. The number of amides is 6. The Kier molecular flexibility index (Phi) is 47.3. The highest BCUT2D eigenvalue weighted by Crippen LogP contribution is 2.20. The van der Waals surface area contributed by atoms with Gasteiger partial charge in [-0.15, -0.1) is 0 Å². The zero-order valence-electron chi connectivity index (χ0n) is 40.5. The van der Waals surface area contributed by atoms with Crippen LogP contribution < -0.4 is 55.7 Å². The van der Waals surface area contributed by atoms with Gasteiger partial charge in [0.1, 0.15) is 0 Å². The normalized spacial score (nSPS) is 12.1. The molecule has 59 heavy (non-hydrogen) atoms. The minimum atomic E-state index is -0.319. The molecular weight excluding hydrogens is 753 g/mol. The quantitative estimate of drug-likeness (QED) is 0.0708. The van der Waals surface area contributed by atoms with E-state index in [1.54, 1.807) is 0 Å². The average molecular weight is 849 g/mol. The largest absolute Gasteiger partial charge is 0.369 e. The Hall–Kier alpha value is -3.34. The fourth-order valence-electron chi connectivity index (χ4n) is 2.89. The van der Waals surface area contributed by atoms with Gasteiger partial charge in [0.25, 0.3) is 0 Å². The van der Waals surface area contributed by atoms with Crippen molar-refractivity contribution in [3.05, 3.63) is 0 Å². The van der Waals surface area contributed by atoms with E-state index in [0.717, 1.165) is 51.4 Å². The van der Waals surface area contributed by atoms with Crippen LogP contribution in [0.3, 0.4) is 0 Å². The second-order valence-electron chi connectivity index (χ2n) is 16.4. The Balaban J connectivity index is -0.000000144. The maximum absolute atomic E-state index is 11.4. The molecule has 0 aromatic heterocycles.